The number of nitrogens with zero attached hydrogens (tertiary/aromatic N) is 1. The van der Waals surface area contributed by atoms with Gasteiger partial charge in [0.05, 0.1) is 43.7 Å². The molecule has 162 valence electrons. The SMILES string of the molecule is CCC1COCCN1c1ccc(C(COC)CC(=O)O)cc1Nc1ccc(Cl)cc1. The number of rotatable bonds is 9. The first-order chi connectivity index (χ1) is 14.5. The second-order valence-electron chi connectivity index (χ2n) is 7.49. The molecule has 6 nitrogen and oxygen atoms in total. The van der Waals surface area contributed by atoms with E-state index in [1.54, 1.807) is 7.11 Å². The number of carboxylic acids is 1. The van der Waals surface area contributed by atoms with Crippen LogP contribution < -0.4 is 10.2 Å². The molecule has 0 spiro atoms. The minimum absolute atomic E-state index is 0.0166. The highest BCUT2D eigenvalue weighted by atomic mass is 35.5. The highest BCUT2D eigenvalue weighted by Crippen LogP contribution is 2.35. The Bertz CT molecular complexity index is 844. The van der Waals surface area contributed by atoms with Crippen LogP contribution in [0.3, 0.4) is 0 Å². The fourth-order valence-corrected chi connectivity index (χ4v) is 3.97. The third-order valence-electron chi connectivity index (χ3n) is 5.41. The lowest BCUT2D eigenvalue weighted by atomic mass is 9.95. The lowest BCUT2D eigenvalue weighted by Crippen LogP contribution is -2.45. The third-order valence-corrected chi connectivity index (χ3v) is 5.66. The van der Waals surface area contributed by atoms with Crippen LogP contribution in [0.2, 0.25) is 5.02 Å². The van der Waals surface area contributed by atoms with E-state index < -0.39 is 5.97 Å². The van der Waals surface area contributed by atoms with Crippen LogP contribution in [0.1, 0.15) is 31.2 Å². The maximum atomic E-state index is 11.4. The molecule has 1 saturated heterocycles. The van der Waals surface area contributed by atoms with Crippen molar-refractivity contribution in [3.63, 3.8) is 0 Å². The van der Waals surface area contributed by atoms with Gasteiger partial charge in [-0.15, -0.1) is 0 Å². The first kappa shape index (κ1) is 22.4. The van der Waals surface area contributed by atoms with Crippen LogP contribution in [0.25, 0.3) is 0 Å². The topological polar surface area (TPSA) is 71.0 Å². The van der Waals surface area contributed by atoms with E-state index >= 15 is 0 Å². The lowest BCUT2D eigenvalue weighted by Gasteiger charge is -2.38. The average molecular weight is 433 g/mol. The molecular weight excluding hydrogens is 404 g/mol. The van der Waals surface area contributed by atoms with Gasteiger partial charge in [0, 0.05) is 30.3 Å². The number of morpholine rings is 1. The van der Waals surface area contributed by atoms with Crippen molar-refractivity contribution in [2.45, 2.75) is 31.7 Å². The number of carboxylic acid groups (broad SMARTS) is 1. The summed E-state index contributed by atoms with van der Waals surface area (Å²) in [7, 11) is 1.59. The molecule has 0 aromatic heterocycles. The summed E-state index contributed by atoms with van der Waals surface area (Å²) < 4.78 is 11.0. The molecule has 2 unspecified atom stereocenters. The normalized spacial score (nSPS) is 17.6. The van der Waals surface area contributed by atoms with Crippen LogP contribution in [-0.4, -0.2) is 50.6 Å². The first-order valence-corrected chi connectivity index (χ1v) is 10.6. The van der Waals surface area contributed by atoms with Gasteiger partial charge in [0.2, 0.25) is 0 Å². The number of aliphatic carboxylic acids is 1. The first-order valence-electron chi connectivity index (χ1n) is 10.2. The van der Waals surface area contributed by atoms with Crippen molar-refractivity contribution in [3.05, 3.63) is 53.1 Å². The zero-order valence-corrected chi connectivity index (χ0v) is 18.2. The molecular formula is C23H29ClN2O4. The Morgan fingerprint density at radius 1 is 1.33 bits per heavy atom. The monoisotopic (exact) mass is 432 g/mol. The van der Waals surface area contributed by atoms with Crippen molar-refractivity contribution in [1.82, 2.24) is 0 Å². The lowest BCUT2D eigenvalue weighted by molar-refractivity contribution is -0.137. The molecule has 1 aliphatic heterocycles. The van der Waals surface area contributed by atoms with Gasteiger partial charge < -0.3 is 24.8 Å². The van der Waals surface area contributed by atoms with Gasteiger partial charge in [-0.25, -0.2) is 0 Å². The van der Waals surface area contributed by atoms with Crippen molar-refractivity contribution in [2.75, 3.05) is 43.7 Å². The Morgan fingerprint density at radius 3 is 2.77 bits per heavy atom. The van der Waals surface area contributed by atoms with E-state index in [0.29, 0.717) is 30.9 Å². The molecule has 0 bridgehead atoms. The van der Waals surface area contributed by atoms with Crippen LogP contribution in [-0.2, 0) is 14.3 Å². The predicted molar refractivity (Wildman–Crippen MR) is 120 cm³/mol. The molecule has 1 aliphatic rings. The number of hydrogen-bond donors (Lipinski definition) is 2. The number of hydrogen-bond acceptors (Lipinski definition) is 5. The Hall–Kier alpha value is -2.28. The Morgan fingerprint density at radius 2 is 2.10 bits per heavy atom. The quantitative estimate of drug-likeness (QED) is 0.587. The maximum absolute atomic E-state index is 11.4. The molecule has 2 aromatic carbocycles. The summed E-state index contributed by atoms with van der Waals surface area (Å²) in [4.78, 5) is 13.7. The van der Waals surface area contributed by atoms with Crippen molar-refractivity contribution < 1.29 is 19.4 Å². The van der Waals surface area contributed by atoms with Gasteiger partial charge >= 0.3 is 5.97 Å². The summed E-state index contributed by atoms with van der Waals surface area (Å²) in [6.45, 7) is 4.70. The summed E-state index contributed by atoms with van der Waals surface area (Å²) >= 11 is 6.04. The van der Waals surface area contributed by atoms with E-state index in [-0.39, 0.29) is 12.3 Å². The number of nitrogens with one attached hydrogen (secondary N) is 1. The number of halogens is 1. The van der Waals surface area contributed by atoms with E-state index in [2.05, 4.69) is 23.2 Å². The number of methoxy groups -OCH3 is 1. The van der Waals surface area contributed by atoms with E-state index in [4.69, 9.17) is 21.1 Å². The van der Waals surface area contributed by atoms with Crippen molar-refractivity contribution in [2.24, 2.45) is 0 Å². The zero-order valence-electron chi connectivity index (χ0n) is 17.4. The maximum Gasteiger partial charge on any atom is 0.304 e. The smallest absolute Gasteiger partial charge is 0.304 e. The molecule has 3 rings (SSSR count). The Balaban J connectivity index is 1.99. The minimum Gasteiger partial charge on any atom is -0.481 e. The van der Waals surface area contributed by atoms with Gasteiger partial charge in [-0.1, -0.05) is 24.6 Å². The third kappa shape index (κ3) is 5.65. The summed E-state index contributed by atoms with van der Waals surface area (Å²) in [6.07, 6.45) is 0.996. The molecule has 1 fully saturated rings. The van der Waals surface area contributed by atoms with Crippen molar-refractivity contribution in [1.29, 1.82) is 0 Å². The summed E-state index contributed by atoms with van der Waals surface area (Å²) in [5, 5.41) is 13.5. The number of benzene rings is 2. The Labute approximate surface area is 182 Å². The molecule has 0 amide bonds. The highest BCUT2D eigenvalue weighted by molar-refractivity contribution is 6.30. The molecule has 0 radical (unpaired) electrons. The van der Waals surface area contributed by atoms with Crippen LogP contribution in [0.4, 0.5) is 17.1 Å². The van der Waals surface area contributed by atoms with Crippen LogP contribution in [0.5, 0.6) is 0 Å². The van der Waals surface area contributed by atoms with Crippen LogP contribution in [0.15, 0.2) is 42.5 Å². The molecule has 30 heavy (non-hydrogen) atoms. The van der Waals surface area contributed by atoms with Gasteiger partial charge in [0.15, 0.2) is 0 Å². The van der Waals surface area contributed by atoms with Crippen molar-refractivity contribution in [3.8, 4) is 0 Å². The second kappa shape index (κ2) is 10.7. The highest BCUT2D eigenvalue weighted by Gasteiger charge is 2.25. The molecule has 0 saturated carbocycles. The fraction of sp³-hybridized carbons (Fsp3) is 0.435. The standard InChI is InChI=1S/C23H29ClN2O4/c1-3-20-15-30-11-10-26(20)22-9-4-16(17(14-29-2)13-23(27)28)12-21(22)25-19-7-5-18(24)6-8-19/h4-9,12,17,20,25H,3,10-11,13-15H2,1-2H3,(H,27,28). The zero-order chi connectivity index (χ0) is 21.5. The largest absolute Gasteiger partial charge is 0.481 e. The average Bonchev–Trinajstić information content (AvgIpc) is 2.75. The number of carbonyl (C=O) groups is 1. The molecule has 0 aliphatic carbocycles. The minimum atomic E-state index is -0.840. The predicted octanol–water partition coefficient (Wildman–Crippen LogP) is 4.90. The van der Waals surface area contributed by atoms with Gasteiger partial charge in [0.25, 0.3) is 0 Å². The van der Waals surface area contributed by atoms with Gasteiger partial charge in [-0.3, -0.25) is 4.79 Å². The van der Waals surface area contributed by atoms with Gasteiger partial charge in [0.1, 0.15) is 0 Å². The summed E-state index contributed by atoms with van der Waals surface area (Å²) in [5.41, 5.74) is 3.86. The second-order valence-corrected chi connectivity index (χ2v) is 7.93. The molecule has 2 N–H and O–H groups in total. The summed E-state index contributed by atoms with van der Waals surface area (Å²) in [5.74, 6) is -1.06. The summed E-state index contributed by atoms with van der Waals surface area (Å²) in [6, 6.07) is 14.0. The molecule has 7 heteroatoms. The van der Waals surface area contributed by atoms with Gasteiger partial charge in [-0.2, -0.15) is 0 Å². The fourth-order valence-electron chi connectivity index (χ4n) is 3.84. The van der Waals surface area contributed by atoms with E-state index in [1.807, 2.05) is 36.4 Å². The van der Waals surface area contributed by atoms with Crippen LogP contribution in [0, 0.1) is 0 Å². The molecule has 1 heterocycles. The van der Waals surface area contributed by atoms with Gasteiger partial charge in [-0.05, 0) is 48.4 Å². The Kier molecular flexibility index (Phi) is 7.96. The van der Waals surface area contributed by atoms with E-state index in [1.165, 1.54) is 0 Å². The van der Waals surface area contributed by atoms with E-state index in [9.17, 15) is 9.90 Å². The number of anilines is 3. The van der Waals surface area contributed by atoms with E-state index in [0.717, 1.165) is 35.6 Å². The molecule has 2 aromatic rings. The number of ether oxygens (including phenoxy) is 2. The van der Waals surface area contributed by atoms with Crippen LogP contribution >= 0.6 is 11.6 Å². The molecule has 2 atom stereocenters. The van der Waals surface area contributed by atoms with Crippen molar-refractivity contribution >= 4 is 34.6 Å².